The Morgan fingerprint density at radius 2 is 1.58 bits per heavy atom. The maximum absolute atomic E-state index is 6.30. The molecule has 3 fully saturated rings. The van der Waals surface area contributed by atoms with Crippen LogP contribution in [0.15, 0.2) is 72.8 Å². The summed E-state index contributed by atoms with van der Waals surface area (Å²) in [6, 6.07) is 25.1. The van der Waals surface area contributed by atoms with Crippen LogP contribution in [0.4, 0.5) is 5.82 Å². The van der Waals surface area contributed by atoms with Gasteiger partial charge in [-0.05, 0) is 52.8 Å². The van der Waals surface area contributed by atoms with Gasteiger partial charge in [-0.15, -0.1) is 0 Å². The summed E-state index contributed by atoms with van der Waals surface area (Å²) < 4.78 is 7.27. The highest BCUT2D eigenvalue weighted by molar-refractivity contribution is 6.30. The molecule has 0 unspecified atom stereocenters. The van der Waals surface area contributed by atoms with Gasteiger partial charge in [-0.2, -0.15) is 4.98 Å². The van der Waals surface area contributed by atoms with Gasteiger partial charge in [0.25, 0.3) is 0 Å². The van der Waals surface area contributed by atoms with E-state index in [0.717, 1.165) is 60.1 Å². The summed E-state index contributed by atoms with van der Waals surface area (Å²) in [6.45, 7) is 11.8. The SMILES string of the molecule is CC(C)c1nc([N+]23CCN(CC2)CC3)c2cc(OCc3ccccc3)ccc2c1-c1ccc(Cl)cc1. The van der Waals surface area contributed by atoms with Crippen molar-refractivity contribution in [2.45, 2.75) is 26.4 Å². The van der Waals surface area contributed by atoms with E-state index < -0.39 is 0 Å². The first-order chi connectivity index (χ1) is 17.5. The lowest BCUT2D eigenvalue weighted by molar-refractivity contribution is 0.0665. The Balaban J connectivity index is 1.54. The van der Waals surface area contributed by atoms with Gasteiger partial charge in [-0.25, -0.2) is 0 Å². The van der Waals surface area contributed by atoms with Crippen molar-refractivity contribution in [1.82, 2.24) is 14.4 Å². The maximum atomic E-state index is 6.30. The normalized spacial score (nSPS) is 21.3. The number of quaternary nitrogens is 1. The summed E-state index contributed by atoms with van der Waals surface area (Å²) in [7, 11) is 0. The van der Waals surface area contributed by atoms with E-state index in [1.165, 1.54) is 33.4 Å². The summed E-state index contributed by atoms with van der Waals surface area (Å²) in [5.74, 6) is 2.41. The summed E-state index contributed by atoms with van der Waals surface area (Å²) in [5, 5.41) is 3.21. The highest BCUT2D eigenvalue weighted by Gasteiger charge is 2.43. The van der Waals surface area contributed by atoms with Crippen LogP contribution >= 0.6 is 11.6 Å². The van der Waals surface area contributed by atoms with Crippen LogP contribution in [0.1, 0.15) is 31.0 Å². The Bertz CT molecular complexity index is 1360. The molecule has 4 nitrogen and oxygen atoms in total. The molecule has 3 aliphatic heterocycles. The van der Waals surface area contributed by atoms with Gasteiger partial charge in [-0.3, -0.25) is 9.38 Å². The van der Waals surface area contributed by atoms with Gasteiger partial charge in [-0.1, -0.05) is 67.9 Å². The van der Waals surface area contributed by atoms with Crippen molar-refractivity contribution in [3.63, 3.8) is 0 Å². The molecular weight excluding hydrogens is 466 g/mol. The highest BCUT2D eigenvalue weighted by Crippen LogP contribution is 2.43. The Morgan fingerprint density at radius 1 is 0.889 bits per heavy atom. The number of aromatic nitrogens is 1. The zero-order valence-corrected chi connectivity index (χ0v) is 21.8. The molecule has 2 bridgehead atoms. The molecule has 7 rings (SSSR count). The topological polar surface area (TPSA) is 25.4 Å². The molecular formula is C31H33ClN3O+. The minimum atomic E-state index is 0.303. The smallest absolute Gasteiger partial charge is 0.236 e. The molecule has 3 aliphatic rings. The van der Waals surface area contributed by atoms with Crippen molar-refractivity contribution in [3.8, 4) is 16.9 Å². The van der Waals surface area contributed by atoms with E-state index in [4.69, 9.17) is 21.3 Å². The third-order valence-corrected chi connectivity index (χ3v) is 8.15. The Hall–Kier alpha value is -2.92. The fraction of sp³-hybridized carbons (Fsp3) is 0.323. The molecule has 5 heteroatoms. The molecule has 3 aromatic carbocycles. The van der Waals surface area contributed by atoms with Gasteiger partial charge in [0.15, 0.2) is 0 Å². The van der Waals surface area contributed by atoms with Gasteiger partial charge in [0.2, 0.25) is 5.82 Å². The average Bonchev–Trinajstić information content (AvgIpc) is 2.93. The van der Waals surface area contributed by atoms with Gasteiger partial charge in [0, 0.05) is 30.2 Å². The van der Waals surface area contributed by atoms with Gasteiger partial charge >= 0.3 is 0 Å². The second-order valence-electron chi connectivity index (χ2n) is 10.5. The lowest BCUT2D eigenvalue weighted by Crippen LogP contribution is -2.68. The monoisotopic (exact) mass is 498 g/mol. The fourth-order valence-electron chi connectivity index (χ4n) is 5.81. The van der Waals surface area contributed by atoms with Gasteiger partial charge < -0.3 is 4.74 Å². The molecule has 4 aromatic rings. The van der Waals surface area contributed by atoms with Crippen molar-refractivity contribution in [3.05, 3.63) is 89.1 Å². The second-order valence-corrected chi connectivity index (χ2v) is 10.9. The quantitative estimate of drug-likeness (QED) is 0.270. The molecule has 0 radical (unpaired) electrons. The predicted octanol–water partition coefficient (Wildman–Crippen LogP) is 6.89. The number of hydrogen-bond acceptors (Lipinski definition) is 3. The maximum Gasteiger partial charge on any atom is 0.236 e. The first kappa shape index (κ1) is 23.5. The van der Waals surface area contributed by atoms with E-state index in [1.54, 1.807) is 0 Å². The number of ether oxygens (including phenoxy) is 1. The minimum Gasteiger partial charge on any atom is -0.489 e. The van der Waals surface area contributed by atoms with Crippen molar-refractivity contribution >= 4 is 28.2 Å². The van der Waals surface area contributed by atoms with E-state index in [9.17, 15) is 0 Å². The second kappa shape index (κ2) is 9.51. The molecule has 4 heterocycles. The van der Waals surface area contributed by atoms with Crippen molar-refractivity contribution < 1.29 is 4.74 Å². The predicted molar refractivity (Wildman–Crippen MR) is 150 cm³/mol. The summed E-state index contributed by atoms with van der Waals surface area (Å²) in [5.41, 5.74) is 4.71. The first-order valence-corrected chi connectivity index (χ1v) is 13.4. The largest absolute Gasteiger partial charge is 0.489 e. The van der Waals surface area contributed by atoms with Crippen LogP contribution in [0, 0.1) is 0 Å². The molecule has 0 saturated carbocycles. The van der Waals surface area contributed by atoms with Crippen molar-refractivity contribution in [2.75, 3.05) is 39.3 Å². The number of piperazine rings is 3. The minimum absolute atomic E-state index is 0.303. The van der Waals surface area contributed by atoms with E-state index in [1.807, 2.05) is 18.2 Å². The molecule has 0 N–H and O–H groups in total. The molecule has 1 aromatic heterocycles. The highest BCUT2D eigenvalue weighted by atomic mass is 35.5. The van der Waals surface area contributed by atoms with Crippen LogP contribution in [0.2, 0.25) is 5.02 Å². The number of hydrogen-bond donors (Lipinski definition) is 0. The third-order valence-electron chi connectivity index (χ3n) is 7.89. The zero-order chi connectivity index (χ0) is 24.7. The van der Waals surface area contributed by atoms with Crippen LogP contribution in [0.3, 0.4) is 0 Å². The molecule has 0 atom stereocenters. The van der Waals surface area contributed by atoms with Gasteiger partial charge in [0.05, 0.1) is 30.7 Å². The summed E-state index contributed by atoms with van der Waals surface area (Å²) in [4.78, 5) is 8.10. The average molecular weight is 499 g/mol. The number of halogens is 1. The fourth-order valence-corrected chi connectivity index (χ4v) is 5.94. The van der Waals surface area contributed by atoms with Crippen molar-refractivity contribution in [2.24, 2.45) is 0 Å². The lowest BCUT2D eigenvalue weighted by atomic mass is 9.91. The van der Waals surface area contributed by atoms with E-state index in [0.29, 0.717) is 12.5 Å². The number of pyridine rings is 1. The van der Waals surface area contributed by atoms with Gasteiger partial charge in [0.1, 0.15) is 12.4 Å². The lowest BCUT2D eigenvalue weighted by Gasteiger charge is -2.49. The zero-order valence-electron chi connectivity index (χ0n) is 21.1. The third kappa shape index (κ3) is 4.28. The van der Waals surface area contributed by atoms with E-state index in [-0.39, 0.29) is 0 Å². The van der Waals surface area contributed by atoms with Crippen LogP contribution in [-0.2, 0) is 6.61 Å². The van der Waals surface area contributed by atoms with Crippen LogP contribution < -0.4 is 9.22 Å². The van der Waals surface area contributed by atoms with Crippen molar-refractivity contribution in [1.29, 1.82) is 0 Å². The Labute approximate surface area is 218 Å². The number of fused-ring (bicyclic) bond motifs is 4. The Morgan fingerprint density at radius 3 is 2.25 bits per heavy atom. The van der Waals surface area contributed by atoms with Crippen LogP contribution in [-0.4, -0.2) is 49.2 Å². The van der Waals surface area contributed by atoms with E-state index >= 15 is 0 Å². The molecule has 0 aliphatic carbocycles. The molecule has 0 amide bonds. The van der Waals surface area contributed by atoms with E-state index in [2.05, 4.69) is 73.3 Å². The number of benzene rings is 3. The molecule has 0 spiro atoms. The standard InChI is InChI=1S/C31H33ClN3O/c1-22(2)30-29(24-8-10-25(32)11-9-24)27-13-12-26(36-21-23-6-4-3-5-7-23)20-28(27)31(33-30)35-17-14-34(15-18-35)16-19-35/h3-13,20,22H,14-19,21H2,1-2H3/q+1. The molecule has 36 heavy (non-hydrogen) atoms. The Kier molecular flexibility index (Phi) is 6.20. The first-order valence-electron chi connectivity index (χ1n) is 13.0. The molecule has 3 saturated heterocycles. The number of rotatable bonds is 6. The van der Waals surface area contributed by atoms with Crippen LogP contribution in [0.5, 0.6) is 5.75 Å². The molecule has 184 valence electrons. The van der Waals surface area contributed by atoms with Crippen LogP contribution in [0.25, 0.3) is 21.9 Å². The summed E-state index contributed by atoms with van der Waals surface area (Å²) in [6.07, 6.45) is 0. The number of nitrogens with zero attached hydrogens (tertiary/aromatic N) is 3. The summed E-state index contributed by atoms with van der Waals surface area (Å²) >= 11 is 6.26.